The smallest absolute Gasteiger partial charge is 0.122 e. The number of hydrogen-bond acceptors (Lipinski definition) is 3. The maximum absolute atomic E-state index is 7.48. The van der Waals surface area contributed by atoms with Crippen molar-refractivity contribution in [3.8, 4) is 0 Å². The van der Waals surface area contributed by atoms with E-state index in [1.807, 2.05) is 36.4 Å². The predicted octanol–water partition coefficient (Wildman–Crippen LogP) is 2.60. The molecule has 0 saturated heterocycles. The fourth-order valence-corrected chi connectivity index (χ4v) is 2.34. The van der Waals surface area contributed by atoms with Gasteiger partial charge in [-0.05, 0) is 30.2 Å². The van der Waals surface area contributed by atoms with Crippen molar-refractivity contribution in [1.29, 1.82) is 5.41 Å². The molecular formula is C16H16N4. The van der Waals surface area contributed by atoms with Crippen molar-refractivity contribution < 1.29 is 0 Å². The summed E-state index contributed by atoms with van der Waals surface area (Å²) in [6.45, 7) is 2.09. The molecule has 0 saturated carbocycles. The Hall–Kier alpha value is -2.49. The number of nitrogen functional groups attached to an aromatic ring is 1. The number of aromatic nitrogens is 1. The van der Waals surface area contributed by atoms with Crippen molar-refractivity contribution in [3.05, 3.63) is 58.9 Å². The third-order valence-electron chi connectivity index (χ3n) is 3.47. The van der Waals surface area contributed by atoms with E-state index in [1.165, 1.54) is 0 Å². The van der Waals surface area contributed by atoms with Crippen molar-refractivity contribution in [1.82, 2.24) is 4.98 Å². The van der Waals surface area contributed by atoms with Crippen molar-refractivity contribution in [2.24, 2.45) is 10.7 Å². The van der Waals surface area contributed by atoms with Gasteiger partial charge in [-0.1, -0.05) is 25.1 Å². The van der Waals surface area contributed by atoms with E-state index in [0.717, 1.165) is 41.2 Å². The van der Waals surface area contributed by atoms with Crippen LogP contribution in [0.3, 0.4) is 0 Å². The zero-order chi connectivity index (χ0) is 14.1. The molecule has 0 unspecified atom stereocenters. The lowest BCUT2D eigenvalue weighted by Crippen LogP contribution is -2.10. The molecule has 4 heteroatoms. The molecule has 1 aromatic heterocycles. The highest BCUT2D eigenvalue weighted by molar-refractivity contribution is 6.06. The number of fused-ring (bicyclic) bond motifs is 1. The molecule has 3 rings (SSSR count). The number of benzene rings is 1. The van der Waals surface area contributed by atoms with Crippen LogP contribution in [0.4, 0.5) is 5.69 Å². The van der Waals surface area contributed by atoms with E-state index in [1.54, 1.807) is 0 Å². The molecule has 1 aliphatic rings. The Labute approximate surface area is 117 Å². The van der Waals surface area contributed by atoms with Gasteiger partial charge in [-0.2, -0.15) is 0 Å². The summed E-state index contributed by atoms with van der Waals surface area (Å²) in [5.41, 5.74) is 11.3. The zero-order valence-electron chi connectivity index (χ0n) is 11.4. The summed E-state index contributed by atoms with van der Waals surface area (Å²) in [7, 11) is 0. The number of pyridine rings is 1. The highest BCUT2D eigenvalue weighted by atomic mass is 14.8. The van der Waals surface area contributed by atoms with Gasteiger partial charge in [0.05, 0.1) is 17.1 Å². The maximum atomic E-state index is 7.48. The van der Waals surface area contributed by atoms with Crippen LogP contribution >= 0.6 is 0 Å². The zero-order valence-corrected chi connectivity index (χ0v) is 11.4. The normalized spacial score (nSPS) is 12.9. The molecule has 0 spiro atoms. The number of nitrogens with one attached hydrogen (secondary N) is 1. The third-order valence-corrected chi connectivity index (χ3v) is 3.47. The van der Waals surface area contributed by atoms with E-state index in [9.17, 15) is 0 Å². The SMILES string of the molecule is CCc1cccc(C2=Nc3cc(C(=N)N)ccc3C2)n1. The Morgan fingerprint density at radius 1 is 1.30 bits per heavy atom. The van der Waals surface area contributed by atoms with E-state index < -0.39 is 0 Å². The molecule has 1 aliphatic heterocycles. The predicted molar refractivity (Wildman–Crippen MR) is 81.0 cm³/mol. The van der Waals surface area contributed by atoms with Crippen molar-refractivity contribution >= 4 is 17.2 Å². The van der Waals surface area contributed by atoms with Crippen LogP contribution in [0.15, 0.2) is 41.4 Å². The summed E-state index contributed by atoms with van der Waals surface area (Å²) in [5.74, 6) is 0.0718. The molecule has 100 valence electrons. The van der Waals surface area contributed by atoms with Gasteiger partial charge in [-0.25, -0.2) is 0 Å². The van der Waals surface area contributed by atoms with Gasteiger partial charge >= 0.3 is 0 Å². The molecule has 2 heterocycles. The molecular weight excluding hydrogens is 248 g/mol. The van der Waals surface area contributed by atoms with Gasteiger partial charge in [-0.3, -0.25) is 15.4 Å². The molecule has 0 amide bonds. The van der Waals surface area contributed by atoms with E-state index in [-0.39, 0.29) is 5.84 Å². The van der Waals surface area contributed by atoms with E-state index in [2.05, 4.69) is 16.9 Å². The lowest BCUT2D eigenvalue weighted by molar-refractivity contribution is 1.03. The van der Waals surface area contributed by atoms with Crippen molar-refractivity contribution in [3.63, 3.8) is 0 Å². The summed E-state index contributed by atoms with van der Waals surface area (Å²) >= 11 is 0. The van der Waals surface area contributed by atoms with E-state index >= 15 is 0 Å². The first-order valence-corrected chi connectivity index (χ1v) is 6.68. The van der Waals surface area contributed by atoms with Gasteiger partial charge in [0.25, 0.3) is 0 Å². The Morgan fingerprint density at radius 3 is 2.90 bits per heavy atom. The Balaban J connectivity index is 1.97. The van der Waals surface area contributed by atoms with Crippen LogP contribution in [-0.4, -0.2) is 16.5 Å². The lowest BCUT2D eigenvalue weighted by Gasteiger charge is -2.02. The molecule has 0 fully saturated rings. The van der Waals surface area contributed by atoms with Crippen LogP contribution in [0.25, 0.3) is 0 Å². The van der Waals surface area contributed by atoms with Gasteiger partial charge in [-0.15, -0.1) is 0 Å². The van der Waals surface area contributed by atoms with E-state index in [4.69, 9.17) is 11.1 Å². The highest BCUT2D eigenvalue weighted by Crippen LogP contribution is 2.29. The van der Waals surface area contributed by atoms with E-state index in [0.29, 0.717) is 5.56 Å². The molecule has 0 bridgehead atoms. The van der Waals surface area contributed by atoms with Crippen LogP contribution in [0.5, 0.6) is 0 Å². The molecule has 3 N–H and O–H groups in total. The van der Waals surface area contributed by atoms with Crippen molar-refractivity contribution in [2.45, 2.75) is 19.8 Å². The van der Waals surface area contributed by atoms with Crippen LogP contribution in [0.2, 0.25) is 0 Å². The van der Waals surface area contributed by atoms with Gasteiger partial charge in [0.15, 0.2) is 0 Å². The number of aryl methyl sites for hydroxylation is 1. The number of nitrogens with two attached hydrogens (primary N) is 1. The average Bonchev–Trinajstić information content (AvgIpc) is 2.90. The van der Waals surface area contributed by atoms with Gasteiger partial charge < -0.3 is 5.73 Å². The summed E-state index contributed by atoms with van der Waals surface area (Å²) in [4.78, 5) is 9.26. The van der Waals surface area contributed by atoms with Crippen LogP contribution in [0.1, 0.15) is 29.4 Å². The minimum Gasteiger partial charge on any atom is -0.384 e. The first-order valence-electron chi connectivity index (χ1n) is 6.68. The fraction of sp³-hybridized carbons (Fsp3) is 0.188. The second kappa shape index (κ2) is 4.89. The minimum absolute atomic E-state index is 0.0718. The quantitative estimate of drug-likeness (QED) is 0.660. The van der Waals surface area contributed by atoms with Crippen LogP contribution < -0.4 is 5.73 Å². The second-order valence-electron chi connectivity index (χ2n) is 4.86. The first-order chi connectivity index (χ1) is 9.67. The highest BCUT2D eigenvalue weighted by Gasteiger charge is 2.17. The summed E-state index contributed by atoms with van der Waals surface area (Å²) in [5, 5.41) is 7.48. The minimum atomic E-state index is 0.0718. The molecule has 0 atom stereocenters. The Kier molecular flexibility index (Phi) is 3.06. The number of hydrogen-bond donors (Lipinski definition) is 2. The molecule has 20 heavy (non-hydrogen) atoms. The molecule has 0 aliphatic carbocycles. The second-order valence-corrected chi connectivity index (χ2v) is 4.86. The monoisotopic (exact) mass is 264 g/mol. The van der Waals surface area contributed by atoms with Gasteiger partial charge in [0.2, 0.25) is 0 Å². The first kappa shape index (κ1) is 12.5. The van der Waals surface area contributed by atoms with Crippen LogP contribution in [-0.2, 0) is 12.8 Å². The number of rotatable bonds is 3. The maximum Gasteiger partial charge on any atom is 0.122 e. The number of nitrogens with zero attached hydrogens (tertiary/aromatic N) is 2. The molecule has 0 radical (unpaired) electrons. The van der Waals surface area contributed by atoms with Gasteiger partial charge in [0, 0.05) is 17.7 Å². The summed E-state index contributed by atoms with van der Waals surface area (Å²) in [6.07, 6.45) is 1.70. The van der Waals surface area contributed by atoms with Gasteiger partial charge in [0.1, 0.15) is 5.84 Å². The molecule has 2 aromatic rings. The Morgan fingerprint density at radius 2 is 2.15 bits per heavy atom. The number of amidine groups is 1. The fourth-order valence-electron chi connectivity index (χ4n) is 2.34. The largest absolute Gasteiger partial charge is 0.384 e. The topological polar surface area (TPSA) is 75.1 Å². The number of aliphatic imine (C=N–C) groups is 1. The standard InChI is InChI=1S/C16H16N4/c1-2-12-4-3-5-13(19-12)15-8-10-6-7-11(16(17)18)9-14(10)20-15/h3-7,9H,2,8H2,1H3,(H3,17,18). The molecule has 1 aromatic carbocycles. The van der Waals surface area contributed by atoms with Crippen LogP contribution in [0, 0.1) is 5.41 Å². The summed E-state index contributed by atoms with van der Waals surface area (Å²) in [6, 6.07) is 11.8. The Bertz CT molecular complexity index is 716. The van der Waals surface area contributed by atoms with Crippen molar-refractivity contribution in [2.75, 3.05) is 0 Å². The lowest BCUT2D eigenvalue weighted by atomic mass is 10.1. The third kappa shape index (κ3) is 2.20. The summed E-state index contributed by atoms with van der Waals surface area (Å²) < 4.78 is 0. The average molecular weight is 264 g/mol. The molecule has 4 nitrogen and oxygen atoms in total.